The molecule has 0 aliphatic rings. The van der Waals surface area contributed by atoms with Gasteiger partial charge in [-0.1, -0.05) is 44.2 Å². The van der Waals surface area contributed by atoms with E-state index in [1.165, 1.54) is 11.1 Å². The number of benzene rings is 1. The first kappa shape index (κ1) is 17.5. The molecule has 0 radical (unpaired) electrons. The van der Waals surface area contributed by atoms with Crippen molar-refractivity contribution in [3.05, 3.63) is 47.0 Å². The predicted molar refractivity (Wildman–Crippen MR) is 88.2 cm³/mol. The summed E-state index contributed by atoms with van der Waals surface area (Å²) in [5, 5.41) is 0. The minimum atomic E-state index is -0.0962. The maximum atomic E-state index is 11.7. The smallest absolute Gasteiger partial charge is 0.306 e. The van der Waals surface area contributed by atoms with E-state index in [9.17, 15) is 4.79 Å². The lowest BCUT2D eigenvalue weighted by Crippen LogP contribution is -2.04. The van der Waals surface area contributed by atoms with Gasteiger partial charge in [0.2, 0.25) is 0 Å². The number of carbonyl (C=O) groups is 1. The van der Waals surface area contributed by atoms with Gasteiger partial charge in [0, 0.05) is 6.42 Å². The van der Waals surface area contributed by atoms with Crippen LogP contribution in [-0.2, 0) is 16.1 Å². The summed E-state index contributed by atoms with van der Waals surface area (Å²) in [6.45, 7) is 8.87. The molecule has 0 N–H and O–H groups in total. The third-order valence-electron chi connectivity index (χ3n) is 3.49. The molecule has 0 fully saturated rings. The molecule has 116 valence electrons. The lowest BCUT2D eigenvalue weighted by atomic mass is 10.1. The second-order valence-corrected chi connectivity index (χ2v) is 6.00. The number of rotatable bonds is 8. The van der Waals surface area contributed by atoms with Gasteiger partial charge in [-0.3, -0.25) is 4.79 Å². The Bertz CT molecular complexity index is 472. The SMILES string of the molecule is Cc1ccc(COC(=O)CCCC/C=C/C(C)C)cc1C. The van der Waals surface area contributed by atoms with Gasteiger partial charge in [-0.2, -0.15) is 0 Å². The topological polar surface area (TPSA) is 26.3 Å². The molecule has 0 bridgehead atoms. The van der Waals surface area contributed by atoms with E-state index in [1.807, 2.05) is 6.07 Å². The van der Waals surface area contributed by atoms with Gasteiger partial charge in [-0.25, -0.2) is 0 Å². The van der Waals surface area contributed by atoms with Crippen LogP contribution < -0.4 is 0 Å². The summed E-state index contributed by atoms with van der Waals surface area (Å²) in [4.78, 5) is 11.7. The van der Waals surface area contributed by atoms with Crippen molar-refractivity contribution in [3.8, 4) is 0 Å². The molecule has 0 heterocycles. The minimum absolute atomic E-state index is 0.0962. The van der Waals surface area contributed by atoms with Gasteiger partial charge < -0.3 is 4.74 Å². The van der Waals surface area contributed by atoms with E-state index in [0.29, 0.717) is 18.9 Å². The van der Waals surface area contributed by atoms with Crippen LogP contribution >= 0.6 is 0 Å². The van der Waals surface area contributed by atoms with E-state index in [2.05, 4.69) is 52.0 Å². The molecule has 0 aromatic heterocycles. The maximum Gasteiger partial charge on any atom is 0.306 e. The van der Waals surface area contributed by atoms with Crippen molar-refractivity contribution in [2.24, 2.45) is 5.92 Å². The highest BCUT2D eigenvalue weighted by Gasteiger charge is 2.03. The molecule has 1 rings (SSSR count). The van der Waals surface area contributed by atoms with Crippen LogP contribution in [0.15, 0.2) is 30.4 Å². The van der Waals surface area contributed by atoms with Gasteiger partial charge in [-0.05, 0) is 55.7 Å². The quantitative estimate of drug-likeness (QED) is 0.377. The Balaban J connectivity index is 2.18. The normalized spacial score (nSPS) is 11.3. The summed E-state index contributed by atoms with van der Waals surface area (Å²) in [6.07, 6.45) is 7.91. The molecule has 0 aliphatic carbocycles. The summed E-state index contributed by atoms with van der Waals surface area (Å²) in [7, 11) is 0. The molecule has 0 atom stereocenters. The number of ether oxygens (including phenoxy) is 1. The zero-order valence-corrected chi connectivity index (χ0v) is 13.8. The molecule has 1 aromatic rings. The maximum absolute atomic E-state index is 11.7. The van der Waals surface area contributed by atoms with Crippen molar-refractivity contribution in [1.29, 1.82) is 0 Å². The molecular formula is C19H28O2. The summed E-state index contributed by atoms with van der Waals surface area (Å²) < 4.78 is 5.31. The van der Waals surface area contributed by atoms with Crippen LogP contribution in [0.1, 0.15) is 56.2 Å². The summed E-state index contributed by atoms with van der Waals surface area (Å²) in [5.74, 6) is 0.508. The van der Waals surface area contributed by atoms with E-state index < -0.39 is 0 Å². The number of hydrogen-bond donors (Lipinski definition) is 0. The monoisotopic (exact) mass is 288 g/mol. The number of allylic oxidation sites excluding steroid dienone is 2. The molecule has 2 heteroatoms. The van der Waals surface area contributed by atoms with Crippen molar-refractivity contribution in [2.45, 2.75) is 60.0 Å². The lowest BCUT2D eigenvalue weighted by Gasteiger charge is -2.07. The predicted octanol–water partition coefficient (Wildman–Crippen LogP) is 5.12. The van der Waals surface area contributed by atoms with Gasteiger partial charge in [0.15, 0.2) is 0 Å². The molecule has 0 unspecified atom stereocenters. The highest BCUT2D eigenvalue weighted by molar-refractivity contribution is 5.69. The first-order valence-electron chi connectivity index (χ1n) is 7.87. The second kappa shape index (κ2) is 9.38. The van der Waals surface area contributed by atoms with Crippen LogP contribution in [-0.4, -0.2) is 5.97 Å². The fourth-order valence-corrected chi connectivity index (χ4v) is 2.03. The Morgan fingerprint density at radius 3 is 2.62 bits per heavy atom. The van der Waals surface area contributed by atoms with Gasteiger partial charge in [0.1, 0.15) is 6.61 Å². The van der Waals surface area contributed by atoms with Crippen LogP contribution in [0.3, 0.4) is 0 Å². The molecule has 0 saturated carbocycles. The molecule has 0 amide bonds. The van der Waals surface area contributed by atoms with Crippen molar-refractivity contribution in [3.63, 3.8) is 0 Å². The van der Waals surface area contributed by atoms with Crippen LogP contribution in [0.2, 0.25) is 0 Å². The average Bonchev–Trinajstić information content (AvgIpc) is 2.43. The van der Waals surface area contributed by atoms with Crippen LogP contribution in [0.25, 0.3) is 0 Å². The fraction of sp³-hybridized carbons (Fsp3) is 0.526. The first-order chi connectivity index (χ1) is 9.99. The van der Waals surface area contributed by atoms with Crippen LogP contribution in [0, 0.1) is 19.8 Å². The largest absolute Gasteiger partial charge is 0.461 e. The van der Waals surface area contributed by atoms with E-state index >= 15 is 0 Å². The fourth-order valence-electron chi connectivity index (χ4n) is 2.03. The number of esters is 1. The van der Waals surface area contributed by atoms with Crippen LogP contribution in [0.4, 0.5) is 0 Å². The summed E-state index contributed by atoms with van der Waals surface area (Å²) in [5.41, 5.74) is 3.56. The Hall–Kier alpha value is -1.57. The molecule has 0 aliphatic heterocycles. The van der Waals surface area contributed by atoms with Gasteiger partial charge in [0.25, 0.3) is 0 Å². The number of unbranched alkanes of at least 4 members (excludes halogenated alkanes) is 2. The van der Waals surface area contributed by atoms with E-state index in [4.69, 9.17) is 4.74 Å². The van der Waals surface area contributed by atoms with Crippen molar-refractivity contribution in [2.75, 3.05) is 0 Å². The standard InChI is InChI=1S/C19H28O2/c1-15(2)9-7-5-6-8-10-19(20)21-14-18-12-11-16(3)17(4)13-18/h7,9,11-13,15H,5-6,8,10,14H2,1-4H3/b9-7+. The van der Waals surface area contributed by atoms with E-state index in [-0.39, 0.29) is 5.97 Å². The Kier molecular flexibility index (Phi) is 7.81. The Morgan fingerprint density at radius 1 is 1.19 bits per heavy atom. The summed E-state index contributed by atoms with van der Waals surface area (Å²) >= 11 is 0. The lowest BCUT2D eigenvalue weighted by molar-refractivity contribution is -0.145. The van der Waals surface area contributed by atoms with Gasteiger partial charge in [0.05, 0.1) is 0 Å². The first-order valence-corrected chi connectivity index (χ1v) is 7.87. The molecule has 1 aromatic carbocycles. The number of aryl methyl sites for hydroxylation is 2. The Morgan fingerprint density at radius 2 is 1.95 bits per heavy atom. The number of hydrogen-bond acceptors (Lipinski definition) is 2. The molecule has 21 heavy (non-hydrogen) atoms. The average molecular weight is 288 g/mol. The van der Waals surface area contributed by atoms with Crippen molar-refractivity contribution < 1.29 is 9.53 Å². The molecule has 2 nitrogen and oxygen atoms in total. The Labute approximate surface area is 129 Å². The van der Waals surface area contributed by atoms with Crippen LogP contribution in [0.5, 0.6) is 0 Å². The zero-order valence-electron chi connectivity index (χ0n) is 13.8. The second-order valence-electron chi connectivity index (χ2n) is 6.00. The third kappa shape index (κ3) is 7.69. The molecule has 0 spiro atoms. The van der Waals surface area contributed by atoms with Gasteiger partial charge >= 0.3 is 5.97 Å². The third-order valence-corrected chi connectivity index (χ3v) is 3.49. The zero-order chi connectivity index (χ0) is 15.7. The van der Waals surface area contributed by atoms with Crippen molar-refractivity contribution >= 4 is 5.97 Å². The van der Waals surface area contributed by atoms with E-state index in [1.54, 1.807) is 0 Å². The highest BCUT2D eigenvalue weighted by Crippen LogP contribution is 2.11. The minimum Gasteiger partial charge on any atom is -0.461 e. The summed E-state index contributed by atoms with van der Waals surface area (Å²) in [6, 6.07) is 6.17. The molecule has 0 saturated heterocycles. The van der Waals surface area contributed by atoms with Crippen molar-refractivity contribution in [1.82, 2.24) is 0 Å². The highest BCUT2D eigenvalue weighted by atomic mass is 16.5. The number of carbonyl (C=O) groups excluding carboxylic acids is 1. The van der Waals surface area contributed by atoms with E-state index in [0.717, 1.165) is 24.8 Å². The van der Waals surface area contributed by atoms with Gasteiger partial charge in [-0.15, -0.1) is 0 Å². The molecular weight excluding hydrogens is 260 g/mol.